The maximum absolute atomic E-state index is 12.5. The predicted octanol–water partition coefficient (Wildman–Crippen LogP) is 1.08. The first-order valence-corrected chi connectivity index (χ1v) is 9.29. The van der Waals surface area contributed by atoms with Gasteiger partial charge in [-0.25, -0.2) is 18.1 Å². The summed E-state index contributed by atoms with van der Waals surface area (Å²) in [6, 6.07) is 0. The fourth-order valence-electron chi connectivity index (χ4n) is 2.07. The molecule has 0 aliphatic heterocycles. The van der Waals surface area contributed by atoms with Crippen LogP contribution in [-0.4, -0.2) is 37.6 Å². The van der Waals surface area contributed by atoms with Gasteiger partial charge < -0.3 is 4.74 Å². The van der Waals surface area contributed by atoms with Crippen LogP contribution >= 0.6 is 11.3 Å². The molecule has 0 bridgehead atoms. The minimum Gasteiger partial charge on any atom is -0.382 e. The highest BCUT2D eigenvalue weighted by Gasteiger charge is 2.24. The van der Waals surface area contributed by atoms with Crippen molar-refractivity contribution >= 4 is 26.3 Å². The van der Waals surface area contributed by atoms with Crippen molar-refractivity contribution in [1.82, 2.24) is 14.1 Å². The molecule has 0 saturated heterocycles. The van der Waals surface area contributed by atoms with Gasteiger partial charge in [-0.3, -0.25) is 9.20 Å². The topological polar surface area (TPSA) is 89.8 Å². The molecule has 0 aliphatic carbocycles. The Balaban J connectivity index is 2.33. The highest BCUT2D eigenvalue weighted by Crippen LogP contribution is 2.15. The number of rotatable bonds is 7. The molecule has 0 aromatic carbocycles. The van der Waals surface area contributed by atoms with E-state index in [2.05, 4.69) is 9.71 Å². The third-order valence-corrected chi connectivity index (χ3v) is 5.63. The summed E-state index contributed by atoms with van der Waals surface area (Å²) < 4.78 is 33.7. The molecule has 0 fully saturated rings. The largest absolute Gasteiger partial charge is 0.382 e. The molecule has 7 nitrogen and oxygen atoms in total. The van der Waals surface area contributed by atoms with Crippen molar-refractivity contribution in [3.8, 4) is 0 Å². The second-order valence-electron chi connectivity index (χ2n) is 4.77. The maximum atomic E-state index is 12.5. The smallest absolute Gasteiger partial charge is 0.279 e. The zero-order valence-corrected chi connectivity index (χ0v) is 14.4. The molecular formula is C13H19N3O4S2. The second-order valence-corrected chi connectivity index (χ2v) is 7.32. The summed E-state index contributed by atoms with van der Waals surface area (Å²) in [6.07, 6.45) is 0.542. The Labute approximate surface area is 133 Å². The summed E-state index contributed by atoms with van der Waals surface area (Å²) in [5.74, 6) is 0. The summed E-state index contributed by atoms with van der Waals surface area (Å²) in [4.78, 5) is 16.9. The molecule has 0 atom stereocenters. The third kappa shape index (κ3) is 3.37. The molecule has 0 radical (unpaired) electrons. The minimum absolute atomic E-state index is 0.212. The van der Waals surface area contributed by atoms with Gasteiger partial charge in [0, 0.05) is 30.8 Å². The number of hydrogen-bond acceptors (Lipinski definition) is 6. The second kappa shape index (κ2) is 6.86. The highest BCUT2D eigenvalue weighted by molar-refractivity contribution is 7.89. The van der Waals surface area contributed by atoms with Crippen molar-refractivity contribution in [3.63, 3.8) is 0 Å². The van der Waals surface area contributed by atoms with E-state index in [0.717, 1.165) is 0 Å². The van der Waals surface area contributed by atoms with Crippen LogP contribution in [0.25, 0.3) is 4.96 Å². The Kier molecular flexibility index (Phi) is 5.32. The standard InChI is InChI=1S/C13H19N3O4S2/c1-4-20-7-5-6-14-22(18,19)11-10(3)15-13-16(12(11)17)9(2)8-21-13/h8,14H,4-7H2,1-3H3. The number of thiazole rings is 1. The molecule has 2 aromatic heterocycles. The summed E-state index contributed by atoms with van der Waals surface area (Å²) in [7, 11) is -3.89. The van der Waals surface area contributed by atoms with Crippen molar-refractivity contribution < 1.29 is 13.2 Å². The van der Waals surface area contributed by atoms with Crippen LogP contribution in [0, 0.1) is 13.8 Å². The van der Waals surface area contributed by atoms with Gasteiger partial charge in [0.15, 0.2) is 9.86 Å². The van der Waals surface area contributed by atoms with Crippen molar-refractivity contribution in [2.75, 3.05) is 19.8 Å². The zero-order valence-electron chi connectivity index (χ0n) is 12.7. The Morgan fingerprint density at radius 1 is 1.41 bits per heavy atom. The van der Waals surface area contributed by atoms with E-state index in [9.17, 15) is 13.2 Å². The number of sulfonamides is 1. The van der Waals surface area contributed by atoms with Crippen LogP contribution in [0.3, 0.4) is 0 Å². The SMILES string of the molecule is CCOCCCNS(=O)(=O)c1c(C)nc2scc(C)n2c1=O. The first-order valence-electron chi connectivity index (χ1n) is 6.93. The van der Waals surface area contributed by atoms with Gasteiger partial charge in [-0.1, -0.05) is 0 Å². The summed E-state index contributed by atoms with van der Waals surface area (Å²) in [5, 5.41) is 1.77. The van der Waals surface area contributed by atoms with E-state index < -0.39 is 15.6 Å². The number of fused-ring (bicyclic) bond motifs is 1. The van der Waals surface area contributed by atoms with Gasteiger partial charge >= 0.3 is 0 Å². The van der Waals surface area contributed by atoms with Gasteiger partial charge in [0.05, 0.1) is 5.69 Å². The van der Waals surface area contributed by atoms with E-state index in [1.807, 2.05) is 6.92 Å². The molecule has 1 N–H and O–H groups in total. The summed E-state index contributed by atoms with van der Waals surface area (Å²) in [5.41, 5.74) is 0.327. The predicted molar refractivity (Wildman–Crippen MR) is 85.1 cm³/mol. The number of hydrogen-bond donors (Lipinski definition) is 1. The lowest BCUT2D eigenvalue weighted by molar-refractivity contribution is 0.146. The first kappa shape index (κ1) is 17.1. The van der Waals surface area contributed by atoms with Gasteiger partial charge in [-0.05, 0) is 27.2 Å². The van der Waals surface area contributed by atoms with Crippen LogP contribution in [-0.2, 0) is 14.8 Å². The zero-order chi connectivity index (χ0) is 16.3. The molecule has 122 valence electrons. The molecule has 9 heteroatoms. The van der Waals surface area contributed by atoms with Gasteiger partial charge in [0.1, 0.15) is 0 Å². The third-order valence-electron chi connectivity index (χ3n) is 3.10. The average molecular weight is 345 g/mol. The normalized spacial score (nSPS) is 12.1. The fourth-order valence-corrected chi connectivity index (χ4v) is 4.29. The van der Waals surface area contributed by atoms with E-state index in [4.69, 9.17) is 4.74 Å². The Morgan fingerprint density at radius 3 is 2.82 bits per heavy atom. The first-order chi connectivity index (χ1) is 10.4. The lowest BCUT2D eigenvalue weighted by Crippen LogP contribution is -2.33. The van der Waals surface area contributed by atoms with Gasteiger partial charge in [0.25, 0.3) is 5.56 Å². The van der Waals surface area contributed by atoms with E-state index in [1.54, 1.807) is 12.3 Å². The quantitative estimate of drug-likeness (QED) is 0.759. The number of aryl methyl sites for hydroxylation is 2. The van der Waals surface area contributed by atoms with E-state index in [-0.39, 0.29) is 17.1 Å². The van der Waals surface area contributed by atoms with Crippen molar-refractivity contribution in [2.45, 2.75) is 32.1 Å². The molecule has 2 heterocycles. The number of nitrogens with one attached hydrogen (secondary N) is 1. The summed E-state index contributed by atoms with van der Waals surface area (Å²) in [6.45, 7) is 6.42. The van der Waals surface area contributed by atoms with E-state index in [0.29, 0.717) is 30.3 Å². The van der Waals surface area contributed by atoms with Crippen molar-refractivity contribution in [3.05, 3.63) is 27.1 Å². The maximum Gasteiger partial charge on any atom is 0.279 e. The van der Waals surface area contributed by atoms with Crippen LogP contribution in [0.2, 0.25) is 0 Å². The molecule has 0 spiro atoms. The molecule has 0 saturated carbocycles. The lowest BCUT2D eigenvalue weighted by Gasteiger charge is -2.09. The number of ether oxygens (including phenoxy) is 1. The van der Waals surface area contributed by atoms with Crippen molar-refractivity contribution in [2.24, 2.45) is 0 Å². The monoisotopic (exact) mass is 345 g/mol. The molecule has 2 rings (SSSR count). The highest BCUT2D eigenvalue weighted by atomic mass is 32.2. The van der Waals surface area contributed by atoms with Crippen LogP contribution in [0.15, 0.2) is 15.1 Å². The van der Waals surface area contributed by atoms with Crippen molar-refractivity contribution in [1.29, 1.82) is 0 Å². The lowest BCUT2D eigenvalue weighted by atomic mass is 10.4. The van der Waals surface area contributed by atoms with Gasteiger partial charge in [-0.15, -0.1) is 11.3 Å². The molecule has 0 aliphatic rings. The van der Waals surface area contributed by atoms with Crippen LogP contribution < -0.4 is 10.3 Å². The Bertz CT molecular complexity index is 824. The Hall–Kier alpha value is -1.29. The summed E-state index contributed by atoms with van der Waals surface area (Å²) >= 11 is 1.31. The molecular weight excluding hydrogens is 326 g/mol. The number of aromatic nitrogens is 2. The Morgan fingerprint density at radius 2 is 2.14 bits per heavy atom. The van der Waals surface area contributed by atoms with E-state index in [1.165, 1.54) is 22.7 Å². The van der Waals surface area contributed by atoms with Gasteiger partial charge in [-0.2, -0.15) is 0 Å². The minimum atomic E-state index is -3.89. The molecule has 2 aromatic rings. The molecule has 0 amide bonds. The van der Waals surface area contributed by atoms with Crippen LogP contribution in [0.1, 0.15) is 24.7 Å². The molecule has 22 heavy (non-hydrogen) atoms. The van der Waals surface area contributed by atoms with Gasteiger partial charge in [0.2, 0.25) is 10.0 Å². The fraction of sp³-hybridized carbons (Fsp3) is 0.538. The van der Waals surface area contributed by atoms with Crippen LogP contribution in [0.5, 0.6) is 0 Å². The van der Waals surface area contributed by atoms with E-state index >= 15 is 0 Å². The molecule has 0 unspecified atom stereocenters. The average Bonchev–Trinajstić information content (AvgIpc) is 2.79. The number of nitrogens with zero attached hydrogens (tertiary/aromatic N) is 2. The van der Waals surface area contributed by atoms with Crippen LogP contribution in [0.4, 0.5) is 0 Å².